The molecule has 1 aliphatic heterocycles. The maximum Gasteiger partial charge on any atom is 0.522 e. The third-order valence-electron chi connectivity index (χ3n) is 2.40. The minimum atomic E-state index is -4.68. The summed E-state index contributed by atoms with van der Waals surface area (Å²) in [6.45, 7) is 1.51. The molecule has 0 radical (unpaired) electrons. The highest BCUT2D eigenvalue weighted by molar-refractivity contribution is 5.90. The van der Waals surface area contributed by atoms with Crippen LogP contribution in [0.5, 0.6) is 0 Å². The van der Waals surface area contributed by atoms with Crippen molar-refractivity contribution in [2.24, 2.45) is 0 Å². The van der Waals surface area contributed by atoms with Crippen molar-refractivity contribution >= 4 is 5.91 Å². The van der Waals surface area contributed by atoms with E-state index >= 15 is 0 Å². The third kappa shape index (κ3) is 2.78. The number of alkyl halides is 3. The van der Waals surface area contributed by atoms with Crippen LogP contribution in [0, 0.1) is 0 Å². The van der Waals surface area contributed by atoms with Gasteiger partial charge >= 0.3 is 18.2 Å². The highest BCUT2D eigenvalue weighted by Crippen LogP contribution is 2.24. The summed E-state index contributed by atoms with van der Waals surface area (Å²) in [4.78, 5) is 16.6. The van der Waals surface area contributed by atoms with Crippen LogP contribution in [-0.2, 0) is 11.2 Å². The first kappa shape index (κ1) is 12.8. The zero-order valence-electron chi connectivity index (χ0n) is 9.40. The smallest absolute Gasteiger partial charge is 0.329 e. The average Bonchev–Trinajstić information content (AvgIpc) is 2.69. The molecule has 0 spiro atoms. The van der Waals surface area contributed by atoms with E-state index in [1.54, 1.807) is 6.92 Å². The van der Waals surface area contributed by atoms with Gasteiger partial charge in [-0.1, -0.05) is 12.1 Å². The Balaban J connectivity index is 1.86. The van der Waals surface area contributed by atoms with Crippen LogP contribution >= 0.6 is 0 Å². The molecule has 1 fully saturated rings. The van der Waals surface area contributed by atoms with Crippen LogP contribution in [0.2, 0.25) is 0 Å². The van der Waals surface area contributed by atoms with Crippen LogP contribution < -0.4 is 0 Å². The van der Waals surface area contributed by atoms with Gasteiger partial charge in [0.15, 0.2) is 5.82 Å². The van der Waals surface area contributed by atoms with Gasteiger partial charge in [-0.05, 0) is 0 Å². The molecular weight excluding hydrogens is 255 g/mol. The molecule has 0 atom stereocenters. The summed E-state index contributed by atoms with van der Waals surface area (Å²) >= 11 is 0. The lowest BCUT2D eigenvalue weighted by Crippen LogP contribution is -2.56. The van der Waals surface area contributed by atoms with Crippen molar-refractivity contribution in [2.45, 2.75) is 25.8 Å². The summed E-state index contributed by atoms with van der Waals surface area (Å²) in [5.74, 6) is -0.413. The number of hydrogen-bond donors (Lipinski definition) is 0. The Kier molecular flexibility index (Phi) is 3.24. The Morgan fingerprint density at radius 3 is 2.72 bits per heavy atom. The first-order valence-electron chi connectivity index (χ1n) is 5.25. The zero-order chi connectivity index (χ0) is 13.3. The highest BCUT2D eigenvalue weighted by Gasteiger charge is 2.42. The van der Waals surface area contributed by atoms with Gasteiger partial charge in [0.2, 0.25) is 0 Å². The van der Waals surface area contributed by atoms with Crippen LogP contribution in [0.1, 0.15) is 23.4 Å². The molecule has 6 nitrogen and oxygen atoms in total. The minimum absolute atomic E-state index is 0.137. The molecule has 2 heterocycles. The second kappa shape index (κ2) is 4.56. The number of likely N-dealkylation sites (tertiary alicyclic amines) is 1. The van der Waals surface area contributed by atoms with Gasteiger partial charge in [-0.15, -0.1) is 13.2 Å². The molecule has 9 heteroatoms. The maximum absolute atomic E-state index is 11.9. The number of nitrogens with zero attached hydrogens (tertiary/aromatic N) is 3. The summed E-state index contributed by atoms with van der Waals surface area (Å²) in [6, 6.07) is 0. The van der Waals surface area contributed by atoms with Crippen molar-refractivity contribution < 1.29 is 27.2 Å². The fourth-order valence-electron chi connectivity index (χ4n) is 1.49. The van der Waals surface area contributed by atoms with Gasteiger partial charge in [-0.2, -0.15) is 4.98 Å². The van der Waals surface area contributed by atoms with E-state index in [9.17, 15) is 18.0 Å². The molecule has 18 heavy (non-hydrogen) atoms. The van der Waals surface area contributed by atoms with E-state index < -0.39 is 18.4 Å². The standard InChI is InChI=1S/C9H10F3N3O3/c1-2-6-13-7(18-14-6)8(16)15-3-5(4-15)17-9(10,11)12/h5H,2-4H2,1H3. The first-order valence-corrected chi connectivity index (χ1v) is 5.25. The lowest BCUT2D eigenvalue weighted by atomic mass is 10.1. The summed E-state index contributed by atoms with van der Waals surface area (Å²) in [6.07, 6.45) is -5.20. The SMILES string of the molecule is CCc1noc(C(=O)N2CC(OC(F)(F)F)C2)n1. The molecule has 0 aromatic carbocycles. The van der Waals surface area contributed by atoms with Crippen LogP contribution in [0.3, 0.4) is 0 Å². The number of hydrogen-bond acceptors (Lipinski definition) is 5. The molecule has 100 valence electrons. The quantitative estimate of drug-likeness (QED) is 0.815. The normalized spacial score (nSPS) is 16.8. The van der Waals surface area contributed by atoms with Crippen LogP contribution in [0.4, 0.5) is 13.2 Å². The lowest BCUT2D eigenvalue weighted by Gasteiger charge is -2.37. The molecule has 1 amide bonds. The van der Waals surface area contributed by atoms with Crippen molar-refractivity contribution in [3.05, 3.63) is 11.7 Å². The molecule has 1 aromatic heterocycles. The molecule has 2 rings (SSSR count). The van der Waals surface area contributed by atoms with E-state index in [4.69, 9.17) is 4.52 Å². The number of rotatable bonds is 3. The molecule has 1 aromatic rings. The zero-order valence-corrected chi connectivity index (χ0v) is 9.40. The van der Waals surface area contributed by atoms with E-state index in [0.717, 1.165) is 4.90 Å². The number of carbonyl (C=O) groups excluding carboxylic acids is 1. The molecule has 0 bridgehead atoms. The van der Waals surface area contributed by atoms with E-state index in [1.165, 1.54) is 0 Å². The molecule has 0 unspecified atom stereocenters. The Morgan fingerprint density at radius 2 is 2.22 bits per heavy atom. The minimum Gasteiger partial charge on any atom is -0.329 e. The second-order valence-electron chi connectivity index (χ2n) is 3.77. The summed E-state index contributed by atoms with van der Waals surface area (Å²) in [5, 5.41) is 3.53. The van der Waals surface area contributed by atoms with Crippen molar-refractivity contribution in [3.8, 4) is 0 Å². The Hall–Kier alpha value is -1.64. The van der Waals surface area contributed by atoms with E-state index in [1.807, 2.05) is 0 Å². The number of aromatic nitrogens is 2. The second-order valence-corrected chi connectivity index (χ2v) is 3.77. The number of amides is 1. The largest absolute Gasteiger partial charge is 0.522 e. The van der Waals surface area contributed by atoms with Gasteiger partial charge < -0.3 is 9.42 Å². The van der Waals surface area contributed by atoms with Gasteiger partial charge in [0.25, 0.3) is 0 Å². The predicted molar refractivity (Wildman–Crippen MR) is 50.5 cm³/mol. The molecule has 0 N–H and O–H groups in total. The molecule has 1 saturated heterocycles. The Labute approximate surface area is 99.7 Å². The van der Waals surface area contributed by atoms with Crippen molar-refractivity contribution in [1.82, 2.24) is 15.0 Å². The topological polar surface area (TPSA) is 68.5 Å². The third-order valence-corrected chi connectivity index (χ3v) is 2.40. The Bertz CT molecular complexity index is 440. The lowest BCUT2D eigenvalue weighted by molar-refractivity contribution is -0.352. The fraction of sp³-hybridized carbons (Fsp3) is 0.667. The van der Waals surface area contributed by atoms with Crippen LogP contribution in [0.15, 0.2) is 4.52 Å². The molecule has 0 aliphatic carbocycles. The Morgan fingerprint density at radius 1 is 1.56 bits per heavy atom. The maximum atomic E-state index is 11.9. The fourth-order valence-corrected chi connectivity index (χ4v) is 1.49. The molecular formula is C9H10F3N3O3. The van der Waals surface area contributed by atoms with Gasteiger partial charge in [0.1, 0.15) is 6.10 Å². The van der Waals surface area contributed by atoms with E-state index in [2.05, 4.69) is 14.9 Å². The molecule has 0 saturated carbocycles. The van der Waals surface area contributed by atoms with Gasteiger partial charge in [0.05, 0.1) is 0 Å². The van der Waals surface area contributed by atoms with Crippen molar-refractivity contribution in [3.63, 3.8) is 0 Å². The number of halogens is 3. The van der Waals surface area contributed by atoms with Crippen LogP contribution in [-0.4, -0.2) is 46.5 Å². The number of carbonyl (C=O) groups is 1. The summed E-state index contributed by atoms with van der Waals surface area (Å²) in [7, 11) is 0. The highest BCUT2D eigenvalue weighted by atomic mass is 19.4. The van der Waals surface area contributed by atoms with Gasteiger partial charge in [-0.25, -0.2) is 0 Å². The van der Waals surface area contributed by atoms with Gasteiger partial charge in [-0.3, -0.25) is 9.53 Å². The van der Waals surface area contributed by atoms with E-state index in [0.29, 0.717) is 12.2 Å². The number of ether oxygens (including phenoxy) is 1. The van der Waals surface area contributed by atoms with Crippen molar-refractivity contribution in [1.29, 1.82) is 0 Å². The van der Waals surface area contributed by atoms with E-state index in [-0.39, 0.29) is 19.0 Å². The summed E-state index contributed by atoms with van der Waals surface area (Å²) in [5.41, 5.74) is 0. The number of aryl methyl sites for hydroxylation is 1. The average molecular weight is 265 g/mol. The van der Waals surface area contributed by atoms with Gasteiger partial charge in [0, 0.05) is 19.5 Å². The van der Waals surface area contributed by atoms with Crippen LogP contribution in [0.25, 0.3) is 0 Å². The monoisotopic (exact) mass is 265 g/mol. The molecule has 1 aliphatic rings. The first-order chi connectivity index (χ1) is 8.39. The predicted octanol–water partition coefficient (Wildman–Crippen LogP) is 0.993. The summed E-state index contributed by atoms with van der Waals surface area (Å²) < 4.78 is 44.0. The van der Waals surface area contributed by atoms with Crippen molar-refractivity contribution in [2.75, 3.05) is 13.1 Å².